The van der Waals surface area contributed by atoms with E-state index in [1.165, 1.54) is 6.33 Å². The molecule has 25 heavy (non-hydrogen) atoms. The van der Waals surface area contributed by atoms with Gasteiger partial charge in [-0.25, -0.2) is 19.5 Å². The maximum absolute atomic E-state index is 9.45. The molecule has 3 aromatic heterocycles. The van der Waals surface area contributed by atoms with Crippen LogP contribution in [-0.4, -0.2) is 24.6 Å². The van der Waals surface area contributed by atoms with Crippen LogP contribution in [0.5, 0.6) is 0 Å². The summed E-state index contributed by atoms with van der Waals surface area (Å²) in [5.41, 5.74) is 9.46. The number of anilines is 1. The van der Waals surface area contributed by atoms with Crippen molar-refractivity contribution in [3.05, 3.63) is 59.6 Å². The monoisotopic (exact) mass is 347 g/mol. The molecular formula is C17H10ClN7. The number of halogens is 1. The van der Waals surface area contributed by atoms with Gasteiger partial charge in [0, 0.05) is 17.8 Å². The predicted octanol–water partition coefficient (Wildman–Crippen LogP) is 2.96. The highest BCUT2D eigenvalue weighted by molar-refractivity contribution is 6.29. The fraction of sp³-hybridized carbons (Fsp3) is 0. The van der Waals surface area contributed by atoms with Gasteiger partial charge in [0.1, 0.15) is 29.0 Å². The van der Waals surface area contributed by atoms with Gasteiger partial charge in [0.05, 0.1) is 17.3 Å². The molecule has 0 aliphatic carbocycles. The summed E-state index contributed by atoms with van der Waals surface area (Å²) in [4.78, 5) is 12.8. The zero-order valence-corrected chi connectivity index (χ0v) is 13.5. The second-order valence-electron chi connectivity index (χ2n) is 5.21. The third-order valence-electron chi connectivity index (χ3n) is 3.74. The molecule has 0 bridgehead atoms. The number of benzene rings is 1. The van der Waals surface area contributed by atoms with Crippen LogP contribution in [0.2, 0.25) is 5.15 Å². The standard InChI is InChI=1S/C17H10ClN7/c18-14-7-13-17(20)23-15(11-4-2-1-3-10(11)8-19)16(25(13)24-14)12-5-6-21-9-22-12/h1-7,9H,(H2,20,23). The first-order valence-electron chi connectivity index (χ1n) is 7.29. The molecule has 0 aliphatic rings. The van der Waals surface area contributed by atoms with Crippen molar-refractivity contribution >= 4 is 22.9 Å². The Morgan fingerprint density at radius 2 is 2.04 bits per heavy atom. The van der Waals surface area contributed by atoms with Gasteiger partial charge in [0.2, 0.25) is 0 Å². The average Bonchev–Trinajstić information content (AvgIpc) is 3.04. The molecule has 0 radical (unpaired) electrons. The summed E-state index contributed by atoms with van der Waals surface area (Å²) in [6.07, 6.45) is 3.05. The molecule has 3 heterocycles. The van der Waals surface area contributed by atoms with Crippen molar-refractivity contribution in [2.45, 2.75) is 0 Å². The summed E-state index contributed by atoms with van der Waals surface area (Å²) in [6, 6.07) is 12.7. The van der Waals surface area contributed by atoms with Crippen molar-refractivity contribution in [3.63, 3.8) is 0 Å². The minimum absolute atomic E-state index is 0.264. The van der Waals surface area contributed by atoms with Gasteiger partial charge in [-0.05, 0) is 12.1 Å². The number of nitrogen functional groups attached to an aromatic ring is 1. The topological polar surface area (TPSA) is 106 Å². The van der Waals surface area contributed by atoms with Gasteiger partial charge in [0.15, 0.2) is 5.15 Å². The van der Waals surface area contributed by atoms with Crippen LogP contribution in [0.4, 0.5) is 5.82 Å². The Bertz CT molecular complexity index is 1130. The van der Waals surface area contributed by atoms with Crippen molar-refractivity contribution in [1.82, 2.24) is 24.6 Å². The molecule has 0 fully saturated rings. The lowest BCUT2D eigenvalue weighted by Gasteiger charge is -2.13. The molecule has 4 rings (SSSR count). The maximum Gasteiger partial charge on any atom is 0.152 e. The number of nitrogens with two attached hydrogens (primary N) is 1. The summed E-state index contributed by atoms with van der Waals surface area (Å²) in [7, 11) is 0. The molecule has 7 nitrogen and oxygen atoms in total. The average molecular weight is 348 g/mol. The van der Waals surface area contributed by atoms with Gasteiger partial charge in [-0.15, -0.1) is 0 Å². The number of hydrogen-bond acceptors (Lipinski definition) is 6. The Kier molecular flexibility index (Phi) is 3.52. The van der Waals surface area contributed by atoms with Crippen LogP contribution in [-0.2, 0) is 0 Å². The highest BCUT2D eigenvalue weighted by Gasteiger charge is 2.20. The Labute approximate surface area is 147 Å². The molecule has 0 spiro atoms. The molecule has 1 aromatic carbocycles. The third-order valence-corrected chi connectivity index (χ3v) is 3.92. The number of hydrogen-bond donors (Lipinski definition) is 1. The molecule has 0 saturated heterocycles. The minimum Gasteiger partial charge on any atom is -0.382 e. The van der Waals surface area contributed by atoms with Crippen LogP contribution in [0.1, 0.15) is 5.56 Å². The smallest absolute Gasteiger partial charge is 0.152 e. The van der Waals surface area contributed by atoms with Gasteiger partial charge in [-0.2, -0.15) is 10.4 Å². The first-order chi connectivity index (χ1) is 12.2. The predicted molar refractivity (Wildman–Crippen MR) is 93.6 cm³/mol. The van der Waals surface area contributed by atoms with Gasteiger partial charge >= 0.3 is 0 Å². The van der Waals surface area contributed by atoms with Gasteiger partial charge < -0.3 is 5.73 Å². The highest BCUT2D eigenvalue weighted by atomic mass is 35.5. The van der Waals surface area contributed by atoms with E-state index in [2.05, 4.69) is 26.1 Å². The number of nitrogens with zero attached hydrogens (tertiary/aromatic N) is 6. The number of nitriles is 1. The summed E-state index contributed by atoms with van der Waals surface area (Å²) in [5.74, 6) is 0.264. The molecule has 0 amide bonds. The molecule has 0 atom stereocenters. The molecule has 4 aromatic rings. The van der Waals surface area contributed by atoms with Crippen molar-refractivity contribution in [2.75, 3.05) is 5.73 Å². The lowest BCUT2D eigenvalue weighted by molar-refractivity contribution is 0.951. The van der Waals surface area contributed by atoms with Crippen LogP contribution < -0.4 is 5.73 Å². The molecule has 2 N–H and O–H groups in total. The van der Waals surface area contributed by atoms with Crippen LogP contribution in [0.25, 0.3) is 28.2 Å². The molecule has 8 heteroatoms. The van der Waals surface area contributed by atoms with E-state index in [0.29, 0.717) is 33.7 Å². The van der Waals surface area contributed by atoms with Gasteiger partial charge in [0.25, 0.3) is 0 Å². The van der Waals surface area contributed by atoms with E-state index in [9.17, 15) is 5.26 Å². The largest absolute Gasteiger partial charge is 0.382 e. The summed E-state index contributed by atoms with van der Waals surface area (Å²) in [5, 5.41) is 14.0. The lowest BCUT2D eigenvalue weighted by Crippen LogP contribution is -2.06. The first kappa shape index (κ1) is 15.1. The van der Waals surface area contributed by atoms with E-state index < -0.39 is 0 Å². The van der Waals surface area contributed by atoms with Crippen molar-refractivity contribution in [3.8, 4) is 28.7 Å². The van der Waals surface area contributed by atoms with E-state index in [0.717, 1.165) is 0 Å². The highest BCUT2D eigenvalue weighted by Crippen LogP contribution is 2.34. The molecule has 120 valence electrons. The van der Waals surface area contributed by atoms with E-state index in [1.54, 1.807) is 35.0 Å². The second-order valence-corrected chi connectivity index (χ2v) is 5.60. The lowest BCUT2D eigenvalue weighted by atomic mass is 10.0. The van der Waals surface area contributed by atoms with E-state index in [1.807, 2.05) is 12.1 Å². The summed E-state index contributed by atoms with van der Waals surface area (Å²) >= 11 is 6.07. The third kappa shape index (κ3) is 2.45. The Hall–Kier alpha value is -3.50. The Morgan fingerprint density at radius 1 is 1.20 bits per heavy atom. The first-order valence-corrected chi connectivity index (χ1v) is 7.67. The van der Waals surface area contributed by atoms with E-state index in [4.69, 9.17) is 17.3 Å². The summed E-state index contributed by atoms with van der Waals surface area (Å²) < 4.78 is 1.59. The van der Waals surface area contributed by atoms with Crippen LogP contribution >= 0.6 is 11.6 Å². The molecule has 0 unspecified atom stereocenters. The second kappa shape index (κ2) is 5.85. The fourth-order valence-corrected chi connectivity index (χ4v) is 2.85. The number of aromatic nitrogens is 5. The minimum atomic E-state index is 0.264. The molecular weight excluding hydrogens is 338 g/mol. The number of rotatable bonds is 2. The maximum atomic E-state index is 9.45. The molecule has 0 aliphatic heterocycles. The van der Waals surface area contributed by atoms with Crippen molar-refractivity contribution < 1.29 is 0 Å². The van der Waals surface area contributed by atoms with E-state index in [-0.39, 0.29) is 11.0 Å². The fourth-order valence-electron chi connectivity index (χ4n) is 2.67. The Balaban J connectivity index is 2.16. The number of fused-ring (bicyclic) bond motifs is 1. The summed E-state index contributed by atoms with van der Waals surface area (Å²) in [6.45, 7) is 0. The van der Waals surface area contributed by atoms with Crippen molar-refractivity contribution in [2.24, 2.45) is 0 Å². The van der Waals surface area contributed by atoms with Gasteiger partial charge in [-0.1, -0.05) is 29.8 Å². The molecule has 0 saturated carbocycles. The quantitative estimate of drug-likeness (QED) is 0.597. The SMILES string of the molecule is N#Cc1ccccc1-c1nc(N)c2cc(Cl)nn2c1-c1ccncn1. The zero-order valence-electron chi connectivity index (χ0n) is 12.8. The van der Waals surface area contributed by atoms with Crippen LogP contribution in [0.3, 0.4) is 0 Å². The van der Waals surface area contributed by atoms with Crippen molar-refractivity contribution in [1.29, 1.82) is 5.26 Å². The normalized spacial score (nSPS) is 10.7. The van der Waals surface area contributed by atoms with E-state index >= 15 is 0 Å². The van der Waals surface area contributed by atoms with Gasteiger partial charge in [-0.3, -0.25) is 0 Å². The zero-order chi connectivity index (χ0) is 17.4. The van der Waals surface area contributed by atoms with Crippen LogP contribution in [0, 0.1) is 11.3 Å². The Morgan fingerprint density at radius 3 is 2.80 bits per heavy atom. The van der Waals surface area contributed by atoms with Crippen LogP contribution in [0.15, 0.2) is 48.9 Å².